The summed E-state index contributed by atoms with van der Waals surface area (Å²) in [5.74, 6) is 1.88. The lowest BCUT2D eigenvalue weighted by atomic mass is 10.1. The molecular weight excluding hydrogens is 456 g/mol. The molecule has 2 aromatic carbocycles. The molecular formula is C28H26N4O4. The van der Waals surface area contributed by atoms with Crippen LogP contribution in [-0.4, -0.2) is 46.8 Å². The maximum atomic E-state index is 13.7. The molecule has 0 aliphatic rings. The van der Waals surface area contributed by atoms with E-state index in [0.717, 1.165) is 16.9 Å². The molecule has 182 valence electrons. The number of furan rings is 1. The number of hydrogen-bond acceptors (Lipinski definition) is 6. The van der Waals surface area contributed by atoms with Gasteiger partial charge in [-0.05, 0) is 35.9 Å². The van der Waals surface area contributed by atoms with Crippen LogP contribution in [-0.2, 0) is 13.1 Å². The summed E-state index contributed by atoms with van der Waals surface area (Å²) in [5.41, 5.74) is 3.70. The summed E-state index contributed by atoms with van der Waals surface area (Å²) < 4.78 is 18.0. The minimum absolute atomic E-state index is 0.132. The van der Waals surface area contributed by atoms with Crippen LogP contribution in [0.3, 0.4) is 0 Å². The summed E-state index contributed by atoms with van der Waals surface area (Å²) >= 11 is 0. The van der Waals surface area contributed by atoms with Crippen LogP contribution in [0.5, 0.6) is 11.5 Å². The number of nitrogens with zero attached hydrogens (tertiary/aromatic N) is 4. The van der Waals surface area contributed by atoms with E-state index >= 15 is 0 Å². The summed E-state index contributed by atoms with van der Waals surface area (Å²) in [6.45, 7) is 0.807. The third kappa shape index (κ3) is 4.53. The van der Waals surface area contributed by atoms with E-state index in [9.17, 15) is 4.79 Å². The molecule has 5 aromatic rings. The Morgan fingerprint density at radius 1 is 1.00 bits per heavy atom. The first-order chi connectivity index (χ1) is 17.6. The number of ether oxygens (including phenoxy) is 2. The largest absolute Gasteiger partial charge is 0.493 e. The van der Waals surface area contributed by atoms with E-state index in [2.05, 4.69) is 5.10 Å². The van der Waals surface area contributed by atoms with Gasteiger partial charge in [0, 0.05) is 19.2 Å². The standard InChI is InChI=1S/C28H26N4O4/c1-31(17-19-11-12-25(34-2)26(14-19)35-3)28(33)22-15-24(20-8-5-4-6-9-20)30-27-23(22)16-29-32(27)18-21-10-7-13-36-21/h4-16H,17-18H2,1-3H3. The Kier molecular flexibility index (Phi) is 6.40. The molecule has 0 bridgehead atoms. The highest BCUT2D eigenvalue weighted by Crippen LogP contribution is 2.29. The zero-order valence-electron chi connectivity index (χ0n) is 20.3. The predicted molar refractivity (Wildman–Crippen MR) is 136 cm³/mol. The van der Waals surface area contributed by atoms with E-state index < -0.39 is 0 Å². The van der Waals surface area contributed by atoms with Gasteiger partial charge >= 0.3 is 0 Å². The van der Waals surface area contributed by atoms with Crippen molar-refractivity contribution in [2.75, 3.05) is 21.3 Å². The minimum Gasteiger partial charge on any atom is -0.493 e. The smallest absolute Gasteiger partial charge is 0.254 e. The van der Waals surface area contributed by atoms with Gasteiger partial charge in [-0.15, -0.1) is 0 Å². The molecule has 8 heteroatoms. The average molecular weight is 483 g/mol. The van der Waals surface area contributed by atoms with Crippen molar-refractivity contribution in [1.82, 2.24) is 19.7 Å². The molecule has 5 rings (SSSR count). The van der Waals surface area contributed by atoms with Crippen molar-refractivity contribution in [3.05, 3.63) is 96.1 Å². The van der Waals surface area contributed by atoms with E-state index in [1.807, 2.05) is 66.7 Å². The third-order valence-corrected chi connectivity index (χ3v) is 6.01. The summed E-state index contributed by atoms with van der Waals surface area (Å²) in [7, 11) is 4.97. The van der Waals surface area contributed by atoms with Gasteiger partial charge < -0.3 is 18.8 Å². The molecule has 0 aliphatic heterocycles. The van der Waals surface area contributed by atoms with Crippen LogP contribution >= 0.6 is 0 Å². The zero-order chi connectivity index (χ0) is 25.1. The minimum atomic E-state index is -0.132. The van der Waals surface area contributed by atoms with Gasteiger partial charge in [0.05, 0.1) is 43.3 Å². The number of benzene rings is 2. The van der Waals surface area contributed by atoms with Crippen LogP contribution in [0.2, 0.25) is 0 Å². The van der Waals surface area contributed by atoms with Crippen molar-refractivity contribution in [1.29, 1.82) is 0 Å². The number of carbonyl (C=O) groups is 1. The second-order valence-electron chi connectivity index (χ2n) is 8.39. The summed E-state index contributed by atoms with van der Waals surface area (Å²) in [6, 6.07) is 21.0. The number of carbonyl (C=O) groups excluding carboxylic acids is 1. The molecule has 0 saturated heterocycles. The van der Waals surface area contributed by atoms with Gasteiger partial charge in [0.25, 0.3) is 5.91 Å². The van der Waals surface area contributed by atoms with Gasteiger partial charge in [-0.3, -0.25) is 4.79 Å². The molecule has 0 N–H and O–H groups in total. The second kappa shape index (κ2) is 9.95. The Morgan fingerprint density at radius 3 is 2.53 bits per heavy atom. The highest BCUT2D eigenvalue weighted by atomic mass is 16.5. The van der Waals surface area contributed by atoms with Crippen molar-refractivity contribution < 1.29 is 18.7 Å². The maximum absolute atomic E-state index is 13.7. The Balaban J connectivity index is 1.53. The van der Waals surface area contributed by atoms with Crippen molar-refractivity contribution in [2.45, 2.75) is 13.1 Å². The van der Waals surface area contributed by atoms with Crippen LogP contribution < -0.4 is 9.47 Å². The molecule has 0 unspecified atom stereocenters. The SMILES string of the molecule is COc1ccc(CN(C)C(=O)c2cc(-c3ccccc3)nc3c2cnn3Cc2ccco2)cc1OC. The molecule has 0 fully saturated rings. The highest BCUT2D eigenvalue weighted by Gasteiger charge is 2.21. The third-order valence-electron chi connectivity index (χ3n) is 6.01. The quantitative estimate of drug-likeness (QED) is 0.309. The van der Waals surface area contributed by atoms with Crippen molar-refractivity contribution in [2.24, 2.45) is 0 Å². The van der Waals surface area contributed by atoms with E-state index in [1.54, 1.807) is 43.3 Å². The molecule has 36 heavy (non-hydrogen) atoms. The van der Waals surface area contributed by atoms with Crippen LogP contribution in [0.1, 0.15) is 21.7 Å². The number of pyridine rings is 1. The van der Waals surface area contributed by atoms with Crippen LogP contribution in [0.15, 0.2) is 83.6 Å². The van der Waals surface area contributed by atoms with E-state index in [0.29, 0.717) is 46.9 Å². The number of hydrogen-bond donors (Lipinski definition) is 0. The summed E-state index contributed by atoms with van der Waals surface area (Å²) in [6.07, 6.45) is 3.32. The summed E-state index contributed by atoms with van der Waals surface area (Å²) in [4.78, 5) is 20.3. The number of amides is 1. The number of methoxy groups -OCH3 is 2. The monoisotopic (exact) mass is 482 g/mol. The first-order valence-electron chi connectivity index (χ1n) is 11.5. The fourth-order valence-corrected chi connectivity index (χ4v) is 4.18. The Labute approximate surface area is 208 Å². The molecule has 8 nitrogen and oxygen atoms in total. The van der Waals surface area contributed by atoms with E-state index in [-0.39, 0.29) is 5.91 Å². The fourth-order valence-electron chi connectivity index (χ4n) is 4.18. The molecule has 0 saturated carbocycles. The van der Waals surface area contributed by atoms with Crippen molar-refractivity contribution >= 4 is 16.9 Å². The lowest BCUT2D eigenvalue weighted by Crippen LogP contribution is -2.26. The molecule has 0 atom stereocenters. The first kappa shape index (κ1) is 23.2. The zero-order valence-corrected chi connectivity index (χ0v) is 20.3. The Morgan fingerprint density at radius 2 is 1.81 bits per heavy atom. The van der Waals surface area contributed by atoms with Gasteiger partial charge in [0.1, 0.15) is 12.3 Å². The molecule has 3 aromatic heterocycles. The normalized spacial score (nSPS) is 11.0. The average Bonchev–Trinajstić information content (AvgIpc) is 3.58. The van der Waals surface area contributed by atoms with Crippen LogP contribution in [0, 0.1) is 0 Å². The molecule has 1 amide bonds. The second-order valence-corrected chi connectivity index (χ2v) is 8.39. The number of aromatic nitrogens is 3. The summed E-state index contributed by atoms with van der Waals surface area (Å²) in [5, 5.41) is 5.21. The van der Waals surface area contributed by atoms with E-state index in [4.69, 9.17) is 18.9 Å². The van der Waals surface area contributed by atoms with Gasteiger partial charge in [-0.2, -0.15) is 5.10 Å². The lowest BCUT2D eigenvalue weighted by Gasteiger charge is -2.19. The molecule has 0 aliphatic carbocycles. The topological polar surface area (TPSA) is 82.6 Å². The van der Waals surface area contributed by atoms with Crippen LogP contribution in [0.25, 0.3) is 22.3 Å². The molecule has 3 heterocycles. The van der Waals surface area contributed by atoms with Crippen molar-refractivity contribution in [3.8, 4) is 22.8 Å². The van der Waals surface area contributed by atoms with Gasteiger partial charge in [0.2, 0.25) is 0 Å². The first-order valence-corrected chi connectivity index (χ1v) is 11.5. The predicted octanol–water partition coefficient (Wildman–Crippen LogP) is 5.03. The van der Waals surface area contributed by atoms with Gasteiger partial charge in [-0.25, -0.2) is 9.67 Å². The van der Waals surface area contributed by atoms with Crippen LogP contribution in [0.4, 0.5) is 0 Å². The van der Waals surface area contributed by atoms with E-state index in [1.165, 1.54) is 0 Å². The van der Waals surface area contributed by atoms with Gasteiger partial charge in [-0.1, -0.05) is 36.4 Å². The highest BCUT2D eigenvalue weighted by molar-refractivity contribution is 6.06. The Hall–Kier alpha value is -4.59. The fraction of sp³-hybridized carbons (Fsp3) is 0.179. The van der Waals surface area contributed by atoms with Crippen molar-refractivity contribution in [3.63, 3.8) is 0 Å². The Bertz CT molecular complexity index is 1490. The lowest BCUT2D eigenvalue weighted by molar-refractivity contribution is 0.0787. The number of fused-ring (bicyclic) bond motifs is 1. The number of rotatable bonds is 8. The molecule has 0 spiro atoms. The molecule has 0 radical (unpaired) electrons. The maximum Gasteiger partial charge on any atom is 0.254 e. The van der Waals surface area contributed by atoms with Gasteiger partial charge in [0.15, 0.2) is 17.1 Å².